The van der Waals surface area contributed by atoms with Crippen LogP contribution in [-0.2, 0) is 11.2 Å². The summed E-state index contributed by atoms with van der Waals surface area (Å²) in [6, 6.07) is 4.25. The van der Waals surface area contributed by atoms with Gasteiger partial charge in [-0.3, -0.25) is 14.9 Å². The summed E-state index contributed by atoms with van der Waals surface area (Å²) in [6.07, 6.45) is 0.815. The predicted molar refractivity (Wildman–Crippen MR) is 94.2 cm³/mol. The number of ketones is 1. The summed E-state index contributed by atoms with van der Waals surface area (Å²) in [7, 11) is 0. The lowest BCUT2D eigenvalue weighted by molar-refractivity contribution is -0.113. The van der Waals surface area contributed by atoms with E-state index in [0.29, 0.717) is 21.5 Å². The van der Waals surface area contributed by atoms with Gasteiger partial charge in [0, 0.05) is 16.9 Å². The molecule has 0 radical (unpaired) electrons. The van der Waals surface area contributed by atoms with Crippen LogP contribution in [0.3, 0.4) is 0 Å². The molecule has 1 aromatic heterocycles. The number of benzene rings is 1. The van der Waals surface area contributed by atoms with Crippen molar-refractivity contribution in [3.63, 3.8) is 0 Å². The summed E-state index contributed by atoms with van der Waals surface area (Å²) >= 11 is 2.41. The Hall–Kier alpha value is -1.80. The highest BCUT2D eigenvalue weighted by Gasteiger charge is 2.12. The number of nitrogens with zero attached hydrogens (tertiary/aromatic N) is 2. The molecule has 0 saturated carbocycles. The first kappa shape index (κ1) is 18.5. The Kier molecular flexibility index (Phi) is 6.44. The molecular formula is C16H18FN3O2S2. The van der Waals surface area contributed by atoms with Crippen molar-refractivity contribution in [1.29, 1.82) is 0 Å². The zero-order chi connectivity index (χ0) is 17.7. The van der Waals surface area contributed by atoms with E-state index in [1.807, 2.05) is 0 Å². The fourth-order valence-electron chi connectivity index (χ4n) is 1.87. The van der Waals surface area contributed by atoms with E-state index >= 15 is 0 Å². The lowest BCUT2D eigenvalue weighted by atomic mass is 10.1. The summed E-state index contributed by atoms with van der Waals surface area (Å²) in [6.45, 7) is 5.55. The molecule has 1 amide bonds. The highest BCUT2D eigenvalue weighted by atomic mass is 32.2. The first-order valence-corrected chi connectivity index (χ1v) is 9.21. The molecule has 0 unspecified atom stereocenters. The Morgan fingerprint density at radius 3 is 2.71 bits per heavy atom. The van der Waals surface area contributed by atoms with Gasteiger partial charge in [0.15, 0.2) is 5.78 Å². The van der Waals surface area contributed by atoms with Crippen LogP contribution >= 0.6 is 23.1 Å². The van der Waals surface area contributed by atoms with Gasteiger partial charge < -0.3 is 0 Å². The second-order valence-corrected chi connectivity index (χ2v) is 7.72. The molecule has 1 heterocycles. The molecular weight excluding hydrogens is 349 g/mol. The number of aromatic nitrogens is 2. The van der Waals surface area contributed by atoms with Crippen LogP contribution in [0.25, 0.3) is 0 Å². The largest absolute Gasteiger partial charge is 0.300 e. The van der Waals surface area contributed by atoms with Crippen LogP contribution in [0.2, 0.25) is 0 Å². The second kappa shape index (κ2) is 8.34. The van der Waals surface area contributed by atoms with Crippen molar-refractivity contribution < 1.29 is 14.0 Å². The molecule has 0 atom stereocenters. The number of carbonyl (C=O) groups is 2. The molecule has 8 heteroatoms. The van der Waals surface area contributed by atoms with Gasteiger partial charge in [0.25, 0.3) is 0 Å². The number of halogens is 1. The fraction of sp³-hybridized carbons (Fsp3) is 0.375. The third kappa shape index (κ3) is 5.38. The molecule has 2 aromatic rings. The minimum atomic E-state index is -0.504. The molecule has 128 valence electrons. The Balaban J connectivity index is 1.89. The molecule has 0 fully saturated rings. The van der Waals surface area contributed by atoms with Gasteiger partial charge in [0.05, 0.1) is 5.75 Å². The van der Waals surface area contributed by atoms with Crippen molar-refractivity contribution in [3.05, 3.63) is 34.6 Å². The SMILES string of the molecule is CC(=O)c1ccc(SCC(=O)Nc2nnc(CC(C)C)s2)c(F)c1. The van der Waals surface area contributed by atoms with Gasteiger partial charge in [-0.1, -0.05) is 31.3 Å². The molecule has 1 aromatic carbocycles. The van der Waals surface area contributed by atoms with Gasteiger partial charge in [-0.2, -0.15) is 0 Å². The maximum Gasteiger partial charge on any atom is 0.236 e. The summed E-state index contributed by atoms with van der Waals surface area (Å²) in [5.74, 6) is -0.456. The van der Waals surface area contributed by atoms with Crippen LogP contribution in [0.4, 0.5) is 9.52 Å². The summed E-state index contributed by atoms with van der Waals surface area (Å²) < 4.78 is 13.9. The van der Waals surface area contributed by atoms with E-state index in [4.69, 9.17) is 0 Å². The van der Waals surface area contributed by atoms with E-state index in [1.165, 1.54) is 30.4 Å². The van der Waals surface area contributed by atoms with Crippen LogP contribution < -0.4 is 5.32 Å². The lowest BCUT2D eigenvalue weighted by Gasteiger charge is -2.04. The number of thioether (sulfide) groups is 1. The number of carbonyl (C=O) groups excluding carboxylic acids is 2. The first-order valence-electron chi connectivity index (χ1n) is 7.40. The number of nitrogens with one attached hydrogen (secondary N) is 1. The monoisotopic (exact) mass is 367 g/mol. The molecule has 0 spiro atoms. The normalized spacial score (nSPS) is 10.9. The van der Waals surface area contributed by atoms with Crippen LogP contribution in [0, 0.1) is 11.7 Å². The molecule has 2 rings (SSSR count). The Bertz CT molecular complexity index is 747. The molecule has 0 aliphatic heterocycles. The third-order valence-corrected chi connectivity index (χ3v) is 4.90. The van der Waals surface area contributed by atoms with E-state index in [1.54, 1.807) is 6.07 Å². The summed E-state index contributed by atoms with van der Waals surface area (Å²) in [5.41, 5.74) is 0.313. The average molecular weight is 367 g/mol. The quantitative estimate of drug-likeness (QED) is 0.595. The van der Waals surface area contributed by atoms with Crippen molar-refractivity contribution >= 4 is 39.9 Å². The number of Topliss-reactive ketones (excluding diaryl/α,β-unsaturated/α-hetero) is 1. The summed E-state index contributed by atoms with van der Waals surface area (Å²) in [4.78, 5) is 23.5. The first-order chi connectivity index (χ1) is 11.3. The summed E-state index contributed by atoms with van der Waals surface area (Å²) in [5, 5.41) is 11.9. The number of rotatable bonds is 7. The Morgan fingerprint density at radius 2 is 2.08 bits per heavy atom. The van der Waals surface area contributed by atoms with Gasteiger partial charge in [-0.25, -0.2) is 4.39 Å². The van der Waals surface area contributed by atoms with Crippen molar-refractivity contribution in [1.82, 2.24) is 10.2 Å². The molecule has 5 nitrogen and oxygen atoms in total. The Labute approximate surface area is 148 Å². The number of hydrogen-bond acceptors (Lipinski definition) is 6. The van der Waals surface area contributed by atoms with Crippen molar-refractivity contribution in [2.45, 2.75) is 32.1 Å². The zero-order valence-electron chi connectivity index (χ0n) is 13.6. The highest BCUT2D eigenvalue weighted by Crippen LogP contribution is 2.24. The predicted octanol–water partition coefficient (Wildman–Crippen LogP) is 3.81. The van der Waals surface area contributed by atoms with E-state index in [9.17, 15) is 14.0 Å². The van der Waals surface area contributed by atoms with E-state index in [2.05, 4.69) is 29.4 Å². The maximum absolute atomic E-state index is 13.9. The molecule has 0 bridgehead atoms. The molecule has 0 aliphatic rings. The van der Waals surface area contributed by atoms with Crippen LogP contribution in [-0.4, -0.2) is 27.6 Å². The van der Waals surface area contributed by atoms with Gasteiger partial charge in [0.2, 0.25) is 11.0 Å². The molecule has 24 heavy (non-hydrogen) atoms. The van der Waals surface area contributed by atoms with E-state index in [0.717, 1.165) is 23.2 Å². The minimum Gasteiger partial charge on any atom is -0.300 e. The van der Waals surface area contributed by atoms with Gasteiger partial charge >= 0.3 is 0 Å². The number of amides is 1. The molecule has 0 saturated heterocycles. The van der Waals surface area contributed by atoms with Crippen molar-refractivity contribution in [2.75, 3.05) is 11.1 Å². The van der Waals surface area contributed by atoms with Gasteiger partial charge in [-0.15, -0.1) is 22.0 Å². The van der Waals surface area contributed by atoms with E-state index in [-0.39, 0.29) is 17.4 Å². The zero-order valence-corrected chi connectivity index (χ0v) is 15.3. The third-order valence-electron chi connectivity index (χ3n) is 2.99. The smallest absolute Gasteiger partial charge is 0.236 e. The number of anilines is 1. The van der Waals surface area contributed by atoms with Crippen LogP contribution in [0.1, 0.15) is 36.1 Å². The van der Waals surface area contributed by atoms with E-state index < -0.39 is 5.82 Å². The number of hydrogen-bond donors (Lipinski definition) is 1. The van der Waals surface area contributed by atoms with Gasteiger partial charge in [0.1, 0.15) is 10.8 Å². The average Bonchev–Trinajstić information content (AvgIpc) is 2.91. The lowest BCUT2D eigenvalue weighted by Crippen LogP contribution is -2.14. The van der Waals surface area contributed by atoms with Crippen LogP contribution in [0.15, 0.2) is 23.1 Å². The second-order valence-electron chi connectivity index (χ2n) is 5.64. The Morgan fingerprint density at radius 1 is 1.33 bits per heavy atom. The van der Waals surface area contributed by atoms with Crippen molar-refractivity contribution in [3.8, 4) is 0 Å². The van der Waals surface area contributed by atoms with Gasteiger partial charge in [-0.05, 0) is 25.0 Å². The minimum absolute atomic E-state index is 0.0510. The van der Waals surface area contributed by atoms with Crippen LogP contribution in [0.5, 0.6) is 0 Å². The standard InChI is InChI=1S/C16H18FN3O2S2/c1-9(2)6-15-19-20-16(24-15)18-14(22)8-23-13-5-4-11(10(3)21)7-12(13)17/h4-5,7,9H,6,8H2,1-3H3,(H,18,20,22). The topological polar surface area (TPSA) is 72.0 Å². The maximum atomic E-state index is 13.9. The highest BCUT2D eigenvalue weighted by molar-refractivity contribution is 8.00. The fourth-order valence-corrected chi connectivity index (χ4v) is 3.56. The molecule has 1 N–H and O–H groups in total. The van der Waals surface area contributed by atoms with Crippen molar-refractivity contribution in [2.24, 2.45) is 5.92 Å². The molecule has 0 aliphatic carbocycles.